The third-order valence-electron chi connectivity index (χ3n) is 3.08. The molecule has 0 amide bonds. The maximum atomic E-state index is 12.4. The van der Waals surface area contributed by atoms with Crippen molar-refractivity contribution in [2.75, 3.05) is 20.2 Å². The Morgan fingerprint density at radius 1 is 1.53 bits per heavy atom. The first-order chi connectivity index (χ1) is 8.91. The lowest BCUT2D eigenvalue weighted by Gasteiger charge is -2.20. The highest BCUT2D eigenvalue weighted by atomic mass is 79.9. The molecule has 0 aliphatic carbocycles. The molecule has 0 saturated carbocycles. The maximum absolute atomic E-state index is 12.4. The first-order valence-electron chi connectivity index (χ1n) is 5.94. The van der Waals surface area contributed by atoms with Crippen molar-refractivity contribution in [3.63, 3.8) is 0 Å². The average molecular weight is 369 g/mol. The summed E-state index contributed by atoms with van der Waals surface area (Å²) in [6, 6.07) is 4.59. The molecule has 1 atom stereocenters. The topological polar surface area (TPSA) is 46.6 Å². The van der Waals surface area contributed by atoms with Crippen molar-refractivity contribution in [3.8, 4) is 0 Å². The van der Waals surface area contributed by atoms with Gasteiger partial charge < -0.3 is 4.74 Å². The number of ether oxygens (including phenoxy) is 1. The fourth-order valence-electron chi connectivity index (χ4n) is 1.99. The Morgan fingerprint density at radius 3 is 2.84 bits per heavy atom. The van der Waals surface area contributed by atoms with Crippen LogP contribution < -0.4 is 0 Å². The first kappa shape index (κ1) is 15.3. The van der Waals surface area contributed by atoms with Crippen LogP contribution >= 0.6 is 27.5 Å². The molecule has 0 bridgehead atoms. The molecule has 2 rings (SSSR count). The zero-order valence-electron chi connectivity index (χ0n) is 10.5. The van der Waals surface area contributed by atoms with Crippen molar-refractivity contribution in [3.05, 3.63) is 27.7 Å². The Kier molecular flexibility index (Phi) is 4.89. The Bertz CT molecular complexity index is 558. The normalized spacial score (nSPS) is 20.1. The molecule has 0 spiro atoms. The number of halogens is 2. The summed E-state index contributed by atoms with van der Waals surface area (Å²) in [7, 11) is -1.93. The molecule has 19 heavy (non-hydrogen) atoms. The fourth-order valence-corrected chi connectivity index (χ4v) is 3.87. The van der Waals surface area contributed by atoms with Gasteiger partial charge in [0.1, 0.15) is 0 Å². The van der Waals surface area contributed by atoms with Gasteiger partial charge in [-0.3, -0.25) is 0 Å². The summed E-state index contributed by atoms with van der Waals surface area (Å²) in [5.74, 6) is 0. The number of hydrogen-bond donors (Lipinski definition) is 0. The van der Waals surface area contributed by atoms with Crippen LogP contribution in [0.2, 0.25) is 5.02 Å². The van der Waals surface area contributed by atoms with Gasteiger partial charge in [0.15, 0.2) is 0 Å². The van der Waals surface area contributed by atoms with E-state index < -0.39 is 10.0 Å². The second-order valence-electron chi connectivity index (χ2n) is 4.50. The molecule has 4 nitrogen and oxygen atoms in total. The minimum absolute atomic E-state index is 0.00415. The van der Waals surface area contributed by atoms with Crippen LogP contribution in [0.25, 0.3) is 0 Å². The van der Waals surface area contributed by atoms with Crippen LogP contribution in [0, 0.1) is 0 Å². The Balaban J connectivity index is 2.18. The average Bonchev–Trinajstić information content (AvgIpc) is 2.85. The number of nitrogens with zero attached hydrogens (tertiary/aromatic N) is 1. The lowest BCUT2D eigenvalue weighted by atomic mass is 10.2. The van der Waals surface area contributed by atoms with Crippen LogP contribution in [0.3, 0.4) is 0 Å². The molecule has 1 fully saturated rings. The minimum Gasteiger partial charge on any atom is -0.377 e. The van der Waals surface area contributed by atoms with Gasteiger partial charge >= 0.3 is 0 Å². The molecule has 1 aromatic carbocycles. The Labute approximate surface area is 126 Å². The Hall–Kier alpha value is -0.140. The zero-order valence-corrected chi connectivity index (χ0v) is 13.6. The van der Waals surface area contributed by atoms with Crippen molar-refractivity contribution >= 4 is 37.6 Å². The molecular weight excluding hydrogens is 354 g/mol. The van der Waals surface area contributed by atoms with Crippen molar-refractivity contribution in [2.24, 2.45) is 0 Å². The van der Waals surface area contributed by atoms with Crippen LogP contribution in [0.15, 0.2) is 27.6 Å². The van der Waals surface area contributed by atoms with Crippen LogP contribution in [0.5, 0.6) is 0 Å². The summed E-state index contributed by atoms with van der Waals surface area (Å²) >= 11 is 9.11. The highest BCUT2D eigenvalue weighted by molar-refractivity contribution is 9.10. The van der Waals surface area contributed by atoms with E-state index in [2.05, 4.69) is 15.9 Å². The summed E-state index contributed by atoms with van der Waals surface area (Å²) in [6.07, 6.45) is 1.89. The van der Waals surface area contributed by atoms with Gasteiger partial charge in [-0.1, -0.05) is 11.6 Å². The molecule has 0 radical (unpaired) electrons. The summed E-state index contributed by atoms with van der Waals surface area (Å²) in [6.45, 7) is 1.09. The van der Waals surface area contributed by atoms with E-state index in [9.17, 15) is 8.42 Å². The lowest BCUT2D eigenvalue weighted by Crippen LogP contribution is -2.34. The zero-order chi connectivity index (χ0) is 14.0. The second kappa shape index (κ2) is 6.10. The van der Waals surface area contributed by atoms with Crippen LogP contribution in [0.4, 0.5) is 0 Å². The van der Waals surface area contributed by atoms with Gasteiger partial charge in [-0.15, -0.1) is 0 Å². The third kappa shape index (κ3) is 3.49. The first-order valence-corrected chi connectivity index (χ1v) is 8.55. The molecule has 0 N–H and O–H groups in total. The van der Waals surface area contributed by atoms with Gasteiger partial charge in [-0.2, -0.15) is 4.31 Å². The maximum Gasteiger partial charge on any atom is 0.242 e. The van der Waals surface area contributed by atoms with Gasteiger partial charge in [0.05, 0.1) is 16.0 Å². The number of hydrogen-bond acceptors (Lipinski definition) is 3. The van der Waals surface area contributed by atoms with Gasteiger partial charge in [0.25, 0.3) is 0 Å². The van der Waals surface area contributed by atoms with Crippen molar-refractivity contribution in [2.45, 2.75) is 23.8 Å². The van der Waals surface area contributed by atoms with E-state index >= 15 is 0 Å². The molecule has 1 heterocycles. The monoisotopic (exact) mass is 367 g/mol. The summed E-state index contributed by atoms with van der Waals surface area (Å²) in [5, 5.41) is 0.487. The fraction of sp³-hybridized carbons (Fsp3) is 0.500. The highest BCUT2D eigenvalue weighted by Gasteiger charge is 2.26. The SMILES string of the molecule is CN(CC1CCCO1)S(=O)(=O)c1ccc(Cl)c(Br)c1. The predicted molar refractivity (Wildman–Crippen MR) is 77.9 cm³/mol. The molecule has 1 aliphatic heterocycles. The van der Waals surface area contributed by atoms with E-state index in [1.165, 1.54) is 16.4 Å². The van der Waals surface area contributed by atoms with E-state index in [4.69, 9.17) is 16.3 Å². The molecule has 1 unspecified atom stereocenters. The van der Waals surface area contributed by atoms with Crippen LogP contribution in [-0.2, 0) is 14.8 Å². The smallest absolute Gasteiger partial charge is 0.242 e. The van der Waals surface area contributed by atoms with Crippen molar-refractivity contribution in [1.29, 1.82) is 0 Å². The van der Waals surface area contributed by atoms with Gasteiger partial charge in [0.2, 0.25) is 10.0 Å². The molecule has 106 valence electrons. The van der Waals surface area contributed by atoms with Crippen LogP contribution in [-0.4, -0.2) is 39.0 Å². The predicted octanol–water partition coefficient (Wildman–Crippen LogP) is 2.90. The lowest BCUT2D eigenvalue weighted by molar-refractivity contribution is 0.0979. The van der Waals surface area contributed by atoms with Gasteiger partial charge in [-0.25, -0.2) is 8.42 Å². The molecule has 1 aliphatic rings. The van der Waals surface area contributed by atoms with Gasteiger partial charge in [0, 0.05) is 24.7 Å². The van der Waals surface area contributed by atoms with E-state index in [1.54, 1.807) is 13.1 Å². The Morgan fingerprint density at radius 2 is 2.26 bits per heavy atom. The third-order valence-corrected chi connectivity index (χ3v) is 6.12. The molecule has 0 aromatic heterocycles. The summed E-state index contributed by atoms with van der Waals surface area (Å²) in [4.78, 5) is 0.226. The number of likely N-dealkylation sites (N-methyl/N-ethyl adjacent to an activating group) is 1. The molecule has 1 saturated heterocycles. The largest absolute Gasteiger partial charge is 0.377 e. The van der Waals surface area contributed by atoms with E-state index in [0.717, 1.165) is 12.8 Å². The minimum atomic E-state index is -3.50. The summed E-state index contributed by atoms with van der Waals surface area (Å²) < 4.78 is 32.1. The highest BCUT2D eigenvalue weighted by Crippen LogP contribution is 2.27. The van der Waals surface area contributed by atoms with E-state index in [-0.39, 0.29) is 11.0 Å². The molecule has 1 aromatic rings. The van der Waals surface area contributed by atoms with E-state index in [0.29, 0.717) is 22.6 Å². The number of rotatable bonds is 4. The molecular formula is C12H15BrClNO3S. The van der Waals surface area contributed by atoms with Crippen molar-refractivity contribution < 1.29 is 13.2 Å². The standard InChI is InChI=1S/C12H15BrClNO3S/c1-15(8-9-3-2-6-18-9)19(16,17)10-4-5-12(14)11(13)7-10/h4-5,7,9H,2-3,6,8H2,1H3. The van der Waals surface area contributed by atoms with E-state index in [1.807, 2.05) is 0 Å². The number of sulfonamides is 1. The van der Waals surface area contributed by atoms with Crippen molar-refractivity contribution in [1.82, 2.24) is 4.31 Å². The quantitative estimate of drug-likeness (QED) is 0.821. The van der Waals surface area contributed by atoms with Gasteiger partial charge in [-0.05, 0) is 47.0 Å². The van der Waals surface area contributed by atoms with Crippen LogP contribution in [0.1, 0.15) is 12.8 Å². The number of benzene rings is 1. The molecule has 7 heteroatoms. The second-order valence-corrected chi connectivity index (χ2v) is 7.80. The summed E-state index contributed by atoms with van der Waals surface area (Å²) in [5.41, 5.74) is 0.